The Bertz CT molecular complexity index is 116. The summed E-state index contributed by atoms with van der Waals surface area (Å²) >= 11 is 0. The van der Waals surface area contributed by atoms with Crippen molar-refractivity contribution in [3.63, 3.8) is 0 Å². The molecule has 0 spiro atoms. The zero-order valence-electron chi connectivity index (χ0n) is 6.17. The largest absolute Gasteiger partial charge is 0.394 e. The van der Waals surface area contributed by atoms with E-state index in [1.54, 1.807) is 0 Å². The van der Waals surface area contributed by atoms with Crippen LogP contribution in [0.3, 0.4) is 0 Å². The van der Waals surface area contributed by atoms with Gasteiger partial charge >= 0.3 is 0 Å². The third-order valence-electron chi connectivity index (χ3n) is 1.32. The molecule has 3 N–H and O–H groups in total. The Hall–Kier alpha value is -0.490. The molecule has 0 aromatic heterocycles. The first-order chi connectivity index (χ1) is 5.17. The van der Waals surface area contributed by atoms with E-state index in [0.29, 0.717) is 6.29 Å². The van der Waals surface area contributed by atoms with Crippen LogP contribution in [0.5, 0.6) is 0 Å². The number of ether oxygens (including phenoxy) is 1. The summed E-state index contributed by atoms with van der Waals surface area (Å²) in [6, 6.07) is 0. The monoisotopic (exact) mass is 164 g/mol. The van der Waals surface area contributed by atoms with Crippen LogP contribution < -0.4 is 0 Å². The Morgan fingerprint density at radius 2 is 2.09 bits per heavy atom. The van der Waals surface area contributed by atoms with Crippen molar-refractivity contribution in [2.45, 2.75) is 18.3 Å². The first-order valence-corrected chi connectivity index (χ1v) is 3.12. The Balaban J connectivity index is 3.96. The molecule has 0 rings (SSSR count). The van der Waals surface area contributed by atoms with E-state index in [1.165, 1.54) is 7.11 Å². The summed E-state index contributed by atoms with van der Waals surface area (Å²) in [7, 11) is 1.23. The van der Waals surface area contributed by atoms with Crippen molar-refractivity contribution in [1.29, 1.82) is 0 Å². The van der Waals surface area contributed by atoms with E-state index in [9.17, 15) is 4.79 Å². The van der Waals surface area contributed by atoms with Gasteiger partial charge in [-0.2, -0.15) is 0 Å². The summed E-state index contributed by atoms with van der Waals surface area (Å²) in [4.78, 5) is 10.1. The Labute approximate surface area is 64.2 Å². The van der Waals surface area contributed by atoms with E-state index < -0.39 is 24.9 Å². The van der Waals surface area contributed by atoms with Crippen LogP contribution in [0.25, 0.3) is 0 Å². The first kappa shape index (κ1) is 10.5. The van der Waals surface area contributed by atoms with Crippen molar-refractivity contribution in [3.05, 3.63) is 0 Å². The molecular weight excluding hydrogens is 152 g/mol. The van der Waals surface area contributed by atoms with Crippen molar-refractivity contribution < 1.29 is 24.9 Å². The second-order valence-electron chi connectivity index (χ2n) is 2.08. The van der Waals surface area contributed by atoms with E-state index in [1.807, 2.05) is 0 Å². The summed E-state index contributed by atoms with van der Waals surface area (Å²) < 4.78 is 4.50. The zero-order valence-corrected chi connectivity index (χ0v) is 6.17. The second kappa shape index (κ2) is 5.20. The van der Waals surface area contributed by atoms with Crippen LogP contribution in [0.2, 0.25) is 0 Å². The van der Waals surface area contributed by atoms with E-state index in [2.05, 4.69) is 4.74 Å². The predicted octanol–water partition coefficient (Wildman–Crippen LogP) is -2.09. The van der Waals surface area contributed by atoms with Crippen LogP contribution in [0.1, 0.15) is 0 Å². The van der Waals surface area contributed by atoms with Crippen LogP contribution in [-0.2, 0) is 9.53 Å². The number of aliphatic hydroxyl groups is 3. The number of aldehydes is 1. The third kappa shape index (κ3) is 2.94. The lowest BCUT2D eigenvalue weighted by Gasteiger charge is -2.19. The first-order valence-electron chi connectivity index (χ1n) is 3.12. The minimum absolute atomic E-state index is 0.365. The van der Waals surface area contributed by atoms with Crippen LogP contribution in [0, 0.1) is 0 Å². The van der Waals surface area contributed by atoms with Gasteiger partial charge in [-0.05, 0) is 0 Å². The topological polar surface area (TPSA) is 87.0 Å². The molecule has 0 bridgehead atoms. The molecule has 0 aliphatic carbocycles. The number of carbonyl (C=O) groups is 1. The Morgan fingerprint density at radius 1 is 1.55 bits per heavy atom. The molecule has 3 atom stereocenters. The molecule has 0 saturated heterocycles. The fourth-order valence-electron chi connectivity index (χ4n) is 0.602. The Kier molecular flexibility index (Phi) is 4.97. The summed E-state index contributed by atoms with van der Waals surface area (Å²) in [6.45, 7) is -0.602. The normalized spacial score (nSPS) is 18.9. The quantitative estimate of drug-likeness (QED) is 0.406. The van der Waals surface area contributed by atoms with Gasteiger partial charge in [-0.1, -0.05) is 0 Å². The lowest BCUT2D eigenvalue weighted by Crippen LogP contribution is -2.41. The zero-order chi connectivity index (χ0) is 8.85. The number of aliphatic hydroxyl groups excluding tert-OH is 3. The molecule has 0 heterocycles. The fraction of sp³-hybridized carbons (Fsp3) is 0.833. The van der Waals surface area contributed by atoms with Gasteiger partial charge in [0.15, 0.2) is 6.29 Å². The average molecular weight is 164 g/mol. The lowest BCUT2D eigenvalue weighted by atomic mass is 10.1. The van der Waals surface area contributed by atoms with Crippen molar-refractivity contribution in [3.8, 4) is 0 Å². The highest BCUT2D eigenvalue weighted by molar-refractivity contribution is 5.57. The summed E-state index contributed by atoms with van der Waals surface area (Å²) in [5.41, 5.74) is 0. The molecular formula is C6H12O5. The smallest absolute Gasteiger partial charge is 0.151 e. The average Bonchev–Trinajstić information content (AvgIpc) is 2.05. The fourth-order valence-corrected chi connectivity index (χ4v) is 0.602. The van der Waals surface area contributed by atoms with Gasteiger partial charge < -0.3 is 24.9 Å². The summed E-state index contributed by atoms with van der Waals surface area (Å²) in [6.07, 6.45) is -3.44. The van der Waals surface area contributed by atoms with E-state index >= 15 is 0 Å². The maximum atomic E-state index is 10.1. The van der Waals surface area contributed by atoms with Crippen LogP contribution >= 0.6 is 0 Å². The maximum absolute atomic E-state index is 10.1. The van der Waals surface area contributed by atoms with Gasteiger partial charge in [-0.25, -0.2) is 0 Å². The minimum Gasteiger partial charge on any atom is -0.394 e. The van der Waals surface area contributed by atoms with Gasteiger partial charge in [0.2, 0.25) is 0 Å². The minimum atomic E-state index is -1.37. The maximum Gasteiger partial charge on any atom is 0.151 e. The van der Waals surface area contributed by atoms with Gasteiger partial charge in [0.1, 0.15) is 18.3 Å². The predicted molar refractivity (Wildman–Crippen MR) is 36.0 cm³/mol. The molecule has 0 fully saturated rings. The number of carbonyl (C=O) groups excluding carboxylic acids is 1. The van der Waals surface area contributed by atoms with Crippen LogP contribution in [0.15, 0.2) is 0 Å². The molecule has 0 aliphatic heterocycles. The van der Waals surface area contributed by atoms with Gasteiger partial charge in [0.25, 0.3) is 0 Å². The van der Waals surface area contributed by atoms with E-state index in [4.69, 9.17) is 15.3 Å². The highest BCUT2D eigenvalue weighted by Gasteiger charge is 2.24. The standard InChI is InChI=1S/C6H12O5/c1-11-5(3-8)6(10)4(9)2-7/h3-7,9-10H,2H2,1H3/t4-,5-,6-/m1/s1. The summed E-state index contributed by atoms with van der Waals surface area (Å²) in [5, 5.41) is 26.2. The summed E-state index contributed by atoms with van der Waals surface area (Å²) in [5.74, 6) is 0. The Morgan fingerprint density at radius 3 is 2.36 bits per heavy atom. The molecule has 0 aliphatic rings. The molecule has 0 amide bonds. The van der Waals surface area contributed by atoms with Crippen molar-refractivity contribution in [1.82, 2.24) is 0 Å². The molecule has 0 aromatic rings. The molecule has 0 saturated carbocycles. The molecule has 0 unspecified atom stereocenters. The lowest BCUT2D eigenvalue weighted by molar-refractivity contribution is -0.131. The van der Waals surface area contributed by atoms with Gasteiger partial charge in [0.05, 0.1) is 6.61 Å². The molecule has 11 heavy (non-hydrogen) atoms. The molecule has 66 valence electrons. The molecule has 5 nitrogen and oxygen atoms in total. The third-order valence-corrected chi connectivity index (χ3v) is 1.32. The van der Waals surface area contributed by atoms with Gasteiger partial charge in [-0.15, -0.1) is 0 Å². The van der Waals surface area contributed by atoms with Crippen LogP contribution in [-0.4, -0.2) is 53.6 Å². The van der Waals surface area contributed by atoms with Crippen molar-refractivity contribution in [2.75, 3.05) is 13.7 Å². The van der Waals surface area contributed by atoms with Crippen molar-refractivity contribution in [2.24, 2.45) is 0 Å². The number of hydrogen-bond acceptors (Lipinski definition) is 5. The molecule has 0 aromatic carbocycles. The van der Waals surface area contributed by atoms with E-state index in [0.717, 1.165) is 0 Å². The molecule has 5 heteroatoms. The number of rotatable bonds is 5. The van der Waals surface area contributed by atoms with Crippen molar-refractivity contribution >= 4 is 6.29 Å². The van der Waals surface area contributed by atoms with E-state index in [-0.39, 0.29) is 0 Å². The highest BCUT2D eigenvalue weighted by atomic mass is 16.5. The van der Waals surface area contributed by atoms with Crippen LogP contribution in [0.4, 0.5) is 0 Å². The second-order valence-corrected chi connectivity index (χ2v) is 2.08. The van der Waals surface area contributed by atoms with Gasteiger partial charge in [0, 0.05) is 7.11 Å². The molecule has 0 radical (unpaired) electrons. The number of methoxy groups -OCH3 is 1. The highest BCUT2D eigenvalue weighted by Crippen LogP contribution is 2.00. The SMILES string of the molecule is CO[C@H](C=O)[C@H](O)[C@H](O)CO. The number of hydrogen-bond donors (Lipinski definition) is 3. The van der Waals surface area contributed by atoms with Gasteiger partial charge in [-0.3, -0.25) is 0 Å².